The summed E-state index contributed by atoms with van der Waals surface area (Å²) in [5.41, 5.74) is -0.342. The van der Waals surface area contributed by atoms with Gasteiger partial charge in [-0.05, 0) is 30.5 Å². The molecule has 3 nitrogen and oxygen atoms in total. The topological polar surface area (TPSA) is 37.9 Å². The van der Waals surface area contributed by atoms with Crippen LogP contribution in [0.4, 0.5) is 13.2 Å². The van der Waals surface area contributed by atoms with E-state index < -0.39 is 11.7 Å². The minimum Gasteiger partial charge on any atom is -0.497 e. The van der Waals surface area contributed by atoms with Crippen molar-refractivity contribution >= 4 is 11.8 Å². The molecule has 0 bridgehead atoms. The van der Waals surface area contributed by atoms with Crippen molar-refractivity contribution in [3.63, 3.8) is 0 Å². The van der Waals surface area contributed by atoms with Gasteiger partial charge in [0, 0.05) is 5.56 Å². The molecular weight excluding hydrogens is 277 g/mol. The molecule has 19 heavy (non-hydrogen) atoms. The summed E-state index contributed by atoms with van der Waals surface area (Å²) in [6.07, 6.45) is -2.89. The molecule has 0 amide bonds. The number of alkyl halides is 3. The predicted molar refractivity (Wildman–Crippen MR) is 67.4 cm³/mol. The fourth-order valence-corrected chi connectivity index (χ4v) is 2.26. The van der Waals surface area contributed by atoms with E-state index in [9.17, 15) is 13.2 Å². The van der Waals surface area contributed by atoms with E-state index in [0.29, 0.717) is 11.3 Å². The van der Waals surface area contributed by atoms with Crippen LogP contribution in [0.2, 0.25) is 0 Å². The Morgan fingerprint density at radius 2 is 1.84 bits per heavy atom. The van der Waals surface area contributed by atoms with Crippen molar-refractivity contribution in [2.24, 2.45) is 0 Å². The summed E-state index contributed by atoms with van der Waals surface area (Å²) in [6.45, 7) is 0. The molecule has 0 unspecified atom stereocenters. The van der Waals surface area contributed by atoms with Crippen LogP contribution in [0.5, 0.6) is 5.75 Å². The summed E-state index contributed by atoms with van der Waals surface area (Å²) < 4.78 is 44.2. The molecule has 1 aromatic carbocycles. The zero-order chi connectivity index (χ0) is 14.0. The molecule has 0 radical (unpaired) electrons. The molecule has 0 saturated heterocycles. The van der Waals surface area contributed by atoms with Crippen LogP contribution < -0.4 is 4.74 Å². The molecule has 7 heteroatoms. The molecule has 2 rings (SSSR count). The number of ether oxygens (including phenoxy) is 1. The minimum atomic E-state index is -4.44. The maximum Gasteiger partial charge on any atom is 0.421 e. The second-order valence-corrected chi connectivity index (χ2v) is 4.50. The first kappa shape index (κ1) is 13.8. The lowest BCUT2D eigenvalue weighted by Gasteiger charge is -2.09. The van der Waals surface area contributed by atoms with E-state index >= 15 is 0 Å². The minimum absolute atomic E-state index is 0.0282. The highest BCUT2D eigenvalue weighted by Crippen LogP contribution is 2.41. The average molecular weight is 288 g/mol. The number of rotatable bonds is 3. The standard InChI is InChI=1S/C12H11F3N2OS/c1-18-8-5-3-7(4-6-8)10-9(12(13,14)15)11(19-2)17-16-10/h3-6H,1-2H3,(H,16,17). The molecule has 0 aliphatic rings. The zero-order valence-corrected chi connectivity index (χ0v) is 11.0. The third kappa shape index (κ3) is 2.70. The Kier molecular flexibility index (Phi) is 3.75. The van der Waals surface area contributed by atoms with Crippen molar-refractivity contribution < 1.29 is 17.9 Å². The van der Waals surface area contributed by atoms with Gasteiger partial charge in [-0.25, -0.2) is 0 Å². The Bertz CT molecular complexity index is 563. The molecule has 1 N–H and O–H groups in total. The van der Waals surface area contributed by atoms with Gasteiger partial charge in [-0.2, -0.15) is 18.3 Å². The van der Waals surface area contributed by atoms with E-state index in [0.717, 1.165) is 11.8 Å². The largest absolute Gasteiger partial charge is 0.497 e. The van der Waals surface area contributed by atoms with Crippen molar-refractivity contribution in [3.05, 3.63) is 29.8 Å². The van der Waals surface area contributed by atoms with Crippen LogP contribution in [0.25, 0.3) is 11.3 Å². The second kappa shape index (κ2) is 5.16. The van der Waals surface area contributed by atoms with Crippen molar-refractivity contribution in [2.75, 3.05) is 13.4 Å². The van der Waals surface area contributed by atoms with Crippen molar-refractivity contribution in [3.8, 4) is 17.0 Å². The number of benzene rings is 1. The van der Waals surface area contributed by atoms with Gasteiger partial charge in [-0.3, -0.25) is 5.10 Å². The Hall–Kier alpha value is -1.63. The number of nitrogens with zero attached hydrogens (tertiary/aromatic N) is 1. The molecule has 0 fully saturated rings. The summed E-state index contributed by atoms with van der Waals surface area (Å²) in [6, 6.07) is 6.33. The number of nitrogens with one attached hydrogen (secondary N) is 1. The Labute approximate surface area is 112 Å². The van der Waals surface area contributed by atoms with Crippen LogP contribution in [0, 0.1) is 0 Å². The summed E-state index contributed by atoms with van der Waals surface area (Å²) in [5.74, 6) is 0.585. The Balaban J connectivity index is 2.52. The van der Waals surface area contributed by atoms with E-state index in [1.807, 2.05) is 0 Å². The molecule has 0 atom stereocenters. The quantitative estimate of drug-likeness (QED) is 0.872. The number of hydrogen-bond donors (Lipinski definition) is 1. The van der Waals surface area contributed by atoms with Gasteiger partial charge in [0.05, 0.1) is 12.8 Å². The number of aromatic nitrogens is 2. The molecular formula is C12H11F3N2OS. The van der Waals surface area contributed by atoms with Crippen LogP contribution >= 0.6 is 11.8 Å². The van der Waals surface area contributed by atoms with Gasteiger partial charge in [-0.15, -0.1) is 11.8 Å². The Morgan fingerprint density at radius 1 is 1.21 bits per heavy atom. The number of halogens is 3. The molecule has 2 aromatic rings. The highest BCUT2D eigenvalue weighted by atomic mass is 32.2. The van der Waals surface area contributed by atoms with E-state index in [-0.39, 0.29) is 10.7 Å². The lowest BCUT2D eigenvalue weighted by molar-refractivity contribution is -0.139. The number of thioether (sulfide) groups is 1. The maximum absolute atomic E-state index is 13.1. The van der Waals surface area contributed by atoms with Crippen molar-refractivity contribution in [1.82, 2.24) is 10.2 Å². The highest BCUT2D eigenvalue weighted by molar-refractivity contribution is 7.98. The fraction of sp³-hybridized carbons (Fsp3) is 0.250. The molecule has 102 valence electrons. The fourth-order valence-electron chi connectivity index (χ4n) is 1.70. The van der Waals surface area contributed by atoms with E-state index in [2.05, 4.69) is 10.2 Å². The van der Waals surface area contributed by atoms with E-state index in [4.69, 9.17) is 4.74 Å². The van der Waals surface area contributed by atoms with Crippen LogP contribution in [0.15, 0.2) is 29.3 Å². The van der Waals surface area contributed by atoms with Crippen LogP contribution in [0.3, 0.4) is 0 Å². The van der Waals surface area contributed by atoms with E-state index in [1.165, 1.54) is 7.11 Å². The molecule has 0 spiro atoms. The van der Waals surface area contributed by atoms with Crippen molar-refractivity contribution in [2.45, 2.75) is 11.2 Å². The Morgan fingerprint density at radius 3 is 2.32 bits per heavy atom. The molecule has 0 aliphatic heterocycles. The number of H-pyrrole nitrogens is 1. The third-order valence-electron chi connectivity index (χ3n) is 2.59. The number of aromatic amines is 1. The van der Waals surface area contributed by atoms with Gasteiger partial charge < -0.3 is 4.74 Å². The van der Waals surface area contributed by atoms with Gasteiger partial charge in [0.1, 0.15) is 16.3 Å². The first-order chi connectivity index (χ1) is 8.97. The van der Waals surface area contributed by atoms with Gasteiger partial charge in [-0.1, -0.05) is 0 Å². The van der Waals surface area contributed by atoms with Crippen LogP contribution in [0.1, 0.15) is 5.56 Å². The normalized spacial score (nSPS) is 11.6. The van der Waals surface area contributed by atoms with Crippen LogP contribution in [-0.4, -0.2) is 23.6 Å². The monoisotopic (exact) mass is 288 g/mol. The molecule has 1 aromatic heterocycles. The smallest absolute Gasteiger partial charge is 0.421 e. The first-order valence-electron chi connectivity index (χ1n) is 5.31. The van der Waals surface area contributed by atoms with Gasteiger partial charge in [0.25, 0.3) is 0 Å². The SMILES string of the molecule is COc1ccc(-c2[nH]nc(SC)c2C(F)(F)F)cc1. The van der Waals surface area contributed by atoms with Gasteiger partial charge in [0.2, 0.25) is 0 Å². The number of methoxy groups -OCH3 is 1. The van der Waals surface area contributed by atoms with Crippen LogP contribution in [-0.2, 0) is 6.18 Å². The summed E-state index contributed by atoms with van der Waals surface area (Å²) in [7, 11) is 1.50. The molecule has 1 heterocycles. The first-order valence-corrected chi connectivity index (χ1v) is 6.54. The average Bonchev–Trinajstić information content (AvgIpc) is 2.82. The molecule has 0 aliphatic carbocycles. The third-order valence-corrected chi connectivity index (χ3v) is 3.27. The summed E-state index contributed by atoms with van der Waals surface area (Å²) in [5, 5.41) is 6.10. The number of hydrogen-bond acceptors (Lipinski definition) is 3. The van der Waals surface area contributed by atoms with E-state index in [1.54, 1.807) is 30.5 Å². The van der Waals surface area contributed by atoms with Gasteiger partial charge >= 0.3 is 6.18 Å². The zero-order valence-electron chi connectivity index (χ0n) is 10.2. The highest BCUT2D eigenvalue weighted by Gasteiger charge is 2.38. The van der Waals surface area contributed by atoms with Gasteiger partial charge in [0.15, 0.2) is 0 Å². The lowest BCUT2D eigenvalue weighted by atomic mass is 10.1. The second-order valence-electron chi connectivity index (χ2n) is 3.71. The molecule has 0 saturated carbocycles. The lowest BCUT2D eigenvalue weighted by Crippen LogP contribution is -2.07. The van der Waals surface area contributed by atoms with Crippen molar-refractivity contribution in [1.29, 1.82) is 0 Å². The summed E-state index contributed by atoms with van der Waals surface area (Å²) in [4.78, 5) is 0. The summed E-state index contributed by atoms with van der Waals surface area (Å²) >= 11 is 0.958. The maximum atomic E-state index is 13.1. The predicted octanol–water partition coefficient (Wildman–Crippen LogP) is 3.83.